The van der Waals surface area contributed by atoms with Crippen molar-refractivity contribution in [2.24, 2.45) is 0 Å². The summed E-state index contributed by atoms with van der Waals surface area (Å²) >= 11 is 7.20. The third kappa shape index (κ3) is 3.86. The molecule has 7 heteroatoms. The van der Waals surface area contributed by atoms with Crippen LogP contribution < -0.4 is 5.32 Å². The van der Waals surface area contributed by atoms with E-state index in [1.54, 1.807) is 0 Å². The number of thiophene rings is 1. The van der Waals surface area contributed by atoms with E-state index in [1.807, 2.05) is 32.0 Å². The molecule has 134 valence electrons. The second-order valence-electron chi connectivity index (χ2n) is 5.83. The Labute approximate surface area is 158 Å². The number of hydrogen-bond donors (Lipinski definition) is 1. The monoisotopic (exact) mass is 391 g/mol. The average Bonchev–Trinajstić information content (AvgIpc) is 2.92. The summed E-state index contributed by atoms with van der Waals surface area (Å²) in [4.78, 5) is 24.4. The van der Waals surface area contributed by atoms with Gasteiger partial charge in [-0.3, -0.25) is 4.79 Å². The van der Waals surface area contributed by atoms with E-state index in [4.69, 9.17) is 16.3 Å². The fourth-order valence-electron chi connectivity index (χ4n) is 2.42. The molecule has 0 aliphatic rings. The Bertz CT molecular complexity index is 1020. The lowest BCUT2D eigenvalue weighted by molar-refractivity contribution is -0.119. The molecule has 0 bridgehead atoms. The first-order chi connectivity index (χ1) is 12.3. The van der Waals surface area contributed by atoms with Gasteiger partial charge >= 0.3 is 5.97 Å². The Morgan fingerprint density at radius 3 is 2.73 bits per heavy atom. The number of hydrogen-bond acceptors (Lipinski definition) is 4. The standard InChI is InChI=1S/C19H15ClFNO3S/c1-10-3-4-11(2)14(7-10)22-16(23)9-25-19(24)18-17(20)13-6-5-12(21)8-15(13)26-18/h3-8H,9H2,1-2H3,(H,22,23). The predicted octanol–water partition coefficient (Wildman–Crippen LogP) is 5.11. The van der Waals surface area contributed by atoms with Crippen molar-refractivity contribution in [3.05, 3.63) is 63.2 Å². The van der Waals surface area contributed by atoms with Gasteiger partial charge in [0.15, 0.2) is 6.61 Å². The van der Waals surface area contributed by atoms with Gasteiger partial charge in [0, 0.05) is 15.8 Å². The molecule has 3 rings (SSSR count). The molecule has 26 heavy (non-hydrogen) atoms. The first kappa shape index (κ1) is 18.4. The Hall–Kier alpha value is -2.44. The minimum Gasteiger partial charge on any atom is -0.451 e. The van der Waals surface area contributed by atoms with Crippen LogP contribution in [-0.4, -0.2) is 18.5 Å². The number of halogens is 2. The van der Waals surface area contributed by atoms with Gasteiger partial charge in [0.2, 0.25) is 0 Å². The van der Waals surface area contributed by atoms with Gasteiger partial charge in [-0.15, -0.1) is 11.3 Å². The van der Waals surface area contributed by atoms with Crippen LogP contribution in [-0.2, 0) is 9.53 Å². The smallest absolute Gasteiger partial charge is 0.350 e. The summed E-state index contributed by atoms with van der Waals surface area (Å²) in [6, 6.07) is 9.76. The summed E-state index contributed by atoms with van der Waals surface area (Å²) in [5.74, 6) is -1.58. The largest absolute Gasteiger partial charge is 0.451 e. The van der Waals surface area contributed by atoms with Gasteiger partial charge in [0.25, 0.3) is 5.91 Å². The molecular formula is C19H15ClFNO3S. The van der Waals surface area contributed by atoms with Crippen molar-refractivity contribution in [1.29, 1.82) is 0 Å². The zero-order valence-corrected chi connectivity index (χ0v) is 15.6. The van der Waals surface area contributed by atoms with E-state index in [0.29, 0.717) is 15.8 Å². The number of rotatable bonds is 4. The molecule has 0 radical (unpaired) electrons. The molecular weight excluding hydrogens is 377 g/mol. The molecule has 0 aliphatic carbocycles. The second-order valence-corrected chi connectivity index (χ2v) is 7.26. The normalized spacial score (nSPS) is 10.8. The number of fused-ring (bicyclic) bond motifs is 1. The molecule has 4 nitrogen and oxygen atoms in total. The molecule has 0 fully saturated rings. The lowest BCUT2D eigenvalue weighted by atomic mass is 10.1. The maximum absolute atomic E-state index is 13.3. The molecule has 0 atom stereocenters. The number of benzene rings is 2. The third-order valence-electron chi connectivity index (χ3n) is 3.78. The SMILES string of the molecule is Cc1ccc(C)c(NC(=O)COC(=O)c2sc3cc(F)ccc3c2Cl)c1. The highest BCUT2D eigenvalue weighted by Crippen LogP contribution is 2.36. The number of esters is 1. The summed E-state index contributed by atoms with van der Waals surface area (Å²) in [6.07, 6.45) is 0. The third-order valence-corrected chi connectivity index (χ3v) is 5.42. The zero-order chi connectivity index (χ0) is 18.8. The van der Waals surface area contributed by atoms with Crippen molar-refractivity contribution in [2.75, 3.05) is 11.9 Å². The molecule has 0 saturated carbocycles. The number of nitrogens with one attached hydrogen (secondary N) is 1. The van der Waals surface area contributed by atoms with Gasteiger partial charge in [0.05, 0.1) is 5.02 Å². The van der Waals surface area contributed by atoms with Crippen molar-refractivity contribution in [1.82, 2.24) is 0 Å². The van der Waals surface area contributed by atoms with Gasteiger partial charge < -0.3 is 10.1 Å². The fourth-order valence-corrected chi connectivity index (χ4v) is 3.85. The van der Waals surface area contributed by atoms with Gasteiger partial charge in [-0.1, -0.05) is 23.7 Å². The molecule has 1 amide bonds. The van der Waals surface area contributed by atoms with E-state index in [9.17, 15) is 14.0 Å². The van der Waals surface area contributed by atoms with Crippen LogP contribution in [0.2, 0.25) is 5.02 Å². The zero-order valence-electron chi connectivity index (χ0n) is 14.1. The van der Waals surface area contributed by atoms with Gasteiger partial charge in [-0.2, -0.15) is 0 Å². The Kier molecular flexibility index (Phi) is 5.25. The van der Waals surface area contributed by atoms with Crippen LogP contribution in [0, 0.1) is 19.7 Å². The minimum absolute atomic E-state index is 0.145. The first-order valence-corrected chi connectivity index (χ1v) is 8.96. The molecule has 0 aliphatic heterocycles. The number of carbonyl (C=O) groups excluding carboxylic acids is 2. The Morgan fingerprint density at radius 2 is 1.96 bits per heavy atom. The maximum Gasteiger partial charge on any atom is 0.350 e. The van der Waals surface area contributed by atoms with Crippen LogP contribution in [0.5, 0.6) is 0 Å². The number of amides is 1. The highest BCUT2D eigenvalue weighted by molar-refractivity contribution is 7.21. The lowest BCUT2D eigenvalue weighted by Gasteiger charge is -2.09. The van der Waals surface area contributed by atoms with Crippen molar-refractivity contribution in [3.8, 4) is 0 Å². The lowest BCUT2D eigenvalue weighted by Crippen LogP contribution is -2.21. The molecule has 3 aromatic rings. The van der Waals surface area contributed by atoms with Crippen LogP contribution in [0.1, 0.15) is 20.8 Å². The van der Waals surface area contributed by atoms with Gasteiger partial charge in [-0.25, -0.2) is 9.18 Å². The van der Waals surface area contributed by atoms with Crippen LogP contribution in [0.3, 0.4) is 0 Å². The molecule has 1 aromatic heterocycles. The topological polar surface area (TPSA) is 55.4 Å². The van der Waals surface area contributed by atoms with Crippen molar-refractivity contribution >= 4 is 50.6 Å². The number of ether oxygens (including phenoxy) is 1. The summed E-state index contributed by atoms with van der Waals surface area (Å²) in [7, 11) is 0. The fraction of sp³-hybridized carbons (Fsp3) is 0.158. The molecule has 2 aromatic carbocycles. The number of carbonyl (C=O) groups is 2. The van der Waals surface area contributed by atoms with Crippen molar-refractivity contribution in [3.63, 3.8) is 0 Å². The molecule has 1 heterocycles. The highest BCUT2D eigenvalue weighted by atomic mass is 35.5. The Balaban J connectivity index is 1.68. The summed E-state index contributed by atoms with van der Waals surface area (Å²) in [5, 5.41) is 3.48. The number of aryl methyl sites for hydroxylation is 2. The van der Waals surface area contributed by atoms with Gasteiger partial charge in [0.1, 0.15) is 10.7 Å². The first-order valence-electron chi connectivity index (χ1n) is 7.77. The molecule has 1 N–H and O–H groups in total. The molecule has 0 saturated heterocycles. The summed E-state index contributed by atoms with van der Waals surface area (Å²) in [6.45, 7) is 3.35. The molecule has 0 unspecified atom stereocenters. The van der Waals surface area contributed by atoms with Crippen molar-refractivity contribution < 1.29 is 18.7 Å². The van der Waals surface area contributed by atoms with E-state index in [0.717, 1.165) is 22.5 Å². The van der Waals surface area contributed by atoms with Crippen LogP contribution in [0.25, 0.3) is 10.1 Å². The quantitative estimate of drug-likeness (QED) is 0.629. The summed E-state index contributed by atoms with van der Waals surface area (Å²) < 4.78 is 18.9. The van der Waals surface area contributed by atoms with Crippen LogP contribution in [0.4, 0.5) is 10.1 Å². The van der Waals surface area contributed by atoms with Crippen LogP contribution >= 0.6 is 22.9 Å². The average molecular weight is 392 g/mol. The van der Waals surface area contributed by atoms with E-state index in [2.05, 4.69) is 5.32 Å². The second kappa shape index (κ2) is 7.43. The van der Waals surface area contributed by atoms with E-state index in [-0.39, 0.29) is 9.90 Å². The van der Waals surface area contributed by atoms with Gasteiger partial charge in [-0.05, 0) is 49.2 Å². The van der Waals surface area contributed by atoms with Crippen LogP contribution in [0.15, 0.2) is 36.4 Å². The number of anilines is 1. The predicted molar refractivity (Wildman–Crippen MR) is 102 cm³/mol. The molecule has 0 spiro atoms. The van der Waals surface area contributed by atoms with Crippen molar-refractivity contribution in [2.45, 2.75) is 13.8 Å². The van der Waals surface area contributed by atoms with E-state index in [1.165, 1.54) is 18.2 Å². The summed E-state index contributed by atoms with van der Waals surface area (Å²) in [5.41, 5.74) is 2.58. The highest BCUT2D eigenvalue weighted by Gasteiger charge is 2.20. The Morgan fingerprint density at radius 1 is 1.19 bits per heavy atom. The van der Waals surface area contributed by atoms with E-state index < -0.39 is 24.3 Å². The minimum atomic E-state index is -0.715. The maximum atomic E-state index is 13.3. The van der Waals surface area contributed by atoms with E-state index >= 15 is 0 Å².